The number of amides is 1. The number of allylic oxidation sites excluding steroid dienone is 1. The van der Waals surface area contributed by atoms with Crippen molar-refractivity contribution in [3.05, 3.63) is 42.0 Å². The highest BCUT2D eigenvalue weighted by Gasteiger charge is 2.28. The van der Waals surface area contributed by atoms with Gasteiger partial charge in [-0.3, -0.25) is 10.2 Å². The predicted octanol–water partition coefficient (Wildman–Crippen LogP) is 1.36. The molecule has 0 radical (unpaired) electrons. The molecule has 0 saturated carbocycles. The van der Waals surface area contributed by atoms with E-state index in [4.69, 9.17) is 25.4 Å². The van der Waals surface area contributed by atoms with Crippen molar-refractivity contribution in [1.82, 2.24) is 4.90 Å². The Bertz CT molecular complexity index is 613. The first-order valence-electron chi connectivity index (χ1n) is 7.65. The molecule has 0 aliphatic carbocycles. The van der Waals surface area contributed by atoms with Crippen LogP contribution >= 0.6 is 0 Å². The molecule has 1 heterocycles. The number of aliphatic hydroxyl groups is 1. The third kappa shape index (κ3) is 5.20. The number of carbonyl (C=O) groups is 1. The molecule has 7 heteroatoms. The van der Waals surface area contributed by atoms with Gasteiger partial charge < -0.3 is 24.9 Å². The largest absolute Gasteiger partial charge is 0.484 e. The lowest BCUT2D eigenvalue weighted by Gasteiger charge is -2.17. The molecule has 1 unspecified atom stereocenters. The van der Waals surface area contributed by atoms with Gasteiger partial charge in [-0.25, -0.2) is 0 Å². The van der Waals surface area contributed by atoms with E-state index < -0.39 is 0 Å². The standard InChI is InChI=1S/C17H21N3O4/c18-8-1-2-16(19)24-15-7-9-20(10-15)17(22)12-23-14-5-3-13(11-21)4-6-14/h1-6,8,15,18-19,21H,7,9-12H2/b2-1-,18-8?,19-16?. The Hall–Kier alpha value is -2.67. The molecule has 1 amide bonds. The second-order valence-electron chi connectivity index (χ2n) is 5.35. The van der Waals surface area contributed by atoms with Crippen molar-refractivity contribution in [3.63, 3.8) is 0 Å². The third-order valence-corrected chi connectivity index (χ3v) is 3.60. The van der Waals surface area contributed by atoms with Gasteiger partial charge in [0, 0.05) is 25.3 Å². The Morgan fingerprint density at radius 3 is 2.79 bits per heavy atom. The number of hydrogen-bond acceptors (Lipinski definition) is 6. The maximum atomic E-state index is 12.2. The number of aliphatic hydroxyl groups excluding tert-OH is 1. The SMILES string of the molecule is N=C/C=C\C(=N)OC1CCN(C(=O)COc2ccc(CO)cc2)C1. The summed E-state index contributed by atoms with van der Waals surface area (Å²) in [5, 5.41) is 23.4. The molecule has 1 aromatic rings. The van der Waals surface area contributed by atoms with E-state index in [-0.39, 0.29) is 31.1 Å². The average molecular weight is 331 g/mol. The maximum absolute atomic E-state index is 12.2. The predicted molar refractivity (Wildman–Crippen MR) is 89.6 cm³/mol. The van der Waals surface area contributed by atoms with Gasteiger partial charge in [0.15, 0.2) is 6.61 Å². The highest BCUT2D eigenvalue weighted by atomic mass is 16.5. The molecular weight excluding hydrogens is 310 g/mol. The first kappa shape index (κ1) is 17.7. The molecule has 1 atom stereocenters. The lowest BCUT2D eigenvalue weighted by molar-refractivity contribution is -0.132. The molecule has 128 valence electrons. The van der Waals surface area contributed by atoms with Crippen molar-refractivity contribution in [1.29, 1.82) is 10.8 Å². The van der Waals surface area contributed by atoms with E-state index in [0.717, 1.165) is 11.8 Å². The summed E-state index contributed by atoms with van der Waals surface area (Å²) in [6, 6.07) is 6.91. The zero-order chi connectivity index (χ0) is 17.4. The van der Waals surface area contributed by atoms with Crippen molar-refractivity contribution in [2.24, 2.45) is 0 Å². The van der Waals surface area contributed by atoms with E-state index in [1.807, 2.05) is 0 Å². The van der Waals surface area contributed by atoms with Crippen LogP contribution in [0.5, 0.6) is 5.75 Å². The lowest BCUT2D eigenvalue weighted by Crippen LogP contribution is -2.34. The Kier molecular flexibility index (Phi) is 6.51. The number of likely N-dealkylation sites (tertiary alicyclic amines) is 1. The zero-order valence-corrected chi connectivity index (χ0v) is 13.3. The summed E-state index contributed by atoms with van der Waals surface area (Å²) in [4.78, 5) is 13.8. The van der Waals surface area contributed by atoms with Crippen LogP contribution in [0.15, 0.2) is 36.4 Å². The topological polar surface area (TPSA) is 107 Å². The summed E-state index contributed by atoms with van der Waals surface area (Å²) in [6.45, 7) is 0.902. The summed E-state index contributed by atoms with van der Waals surface area (Å²) in [5.41, 5.74) is 0.785. The molecule has 0 spiro atoms. The first-order valence-corrected chi connectivity index (χ1v) is 7.65. The summed E-state index contributed by atoms with van der Waals surface area (Å²) in [7, 11) is 0. The first-order chi connectivity index (χ1) is 11.6. The Morgan fingerprint density at radius 1 is 1.38 bits per heavy atom. The van der Waals surface area contributed by atoms with Crippen molar-refractivity contribution in [2.75, 3.05) is 19.7 Å². The van der Waals surface area contributed by atoms with Crippen molar-refractivity contribution in [2.45, 2.75) is 19.1 Å². The van der Waals surface area contributed by atoms with Crippen LogP contribution in [0.4, 0.5) is 0 Å². The van der Waals surface area contributed by atoms with Crippen LogP contribution in [0.25, 0.3) is 0 Å². The van der Waals surface area contributed by atoms with Crippen molar-refractivity contribution < 1.29 is 19.4 Å². The summed E-state index contributed by atoms with van der Waals surface area (Å²) < 4.78 is 10.9. The number of hydrogen-bond donors (Lipinski definition) is 3. The molecule has 0 aromatic heterocycles. The van der Waals surface area contributed by atoms with Crippen LogP contribution in [0.3, 0.4) is 0 Å². The molecule has 1 fully saturated rings. The maximum Gasteiger partial charge on any atom is 0.260 e. The van der Waals surface area contributed by atoms with Gasteiger partial charge in [0.2, 0.25) is 5.90 Å². The fraction of sp³-hybridized carbons (Fsp3) is 0.353. The minimum absolute atomic E-state index is 0.0157. The molecule has 1 aromatic carbocycles. The number of nitrogens with one attached hydrogen (secondary N) is 2. The van der Waals surface area contributed by atoms with Gasteiger partial charge in [-0.15, -0.1) is 0 Å². The van der Waals surface area contributed by atoms with Gasteiger partial charge in [0.25, 0.3) is 5.91 Å². The van der Waals surface area contributed by atoms with Gasteiger partial charge in [-0.1, -0.05) is 12.1 Å². The average Bonchev–Trinajstić information content (AvgIpc) is 3.06. The minimum atomic E-state index is -0.208. The Balaban J connectivity index is 1.76. The lowest BCUT2D eigenvalue weighted by atomic mass is 10.2. The van der Waals surface area contributed by atoms with Crippen molar-refractivity contribution >= 4 is 18.0 Å². The molecule has 1 saturated heterocycles. The van der Waals surface area contributed by atoms with Crippen molar-refractivity contribution in [3.8, 4) is 5.75 Å². The van der Waals surface area contributed by atoms with Gasteiger partial charge >= 0.3 is 0 Å². The number of ether oxygens (including phenoxy) is 2. The van der Waals surface area contributed by atoms with E-state index in [1.54, 1.807) is 29.2 Å². The Labute approximate surface area is 140 Å². The number of nitrogens with zero attached hydrogens (tertiary/aromatic N) is 1. The summed E-state index contributed by atoms with van der Waals surface area (Å²) >= 11 is 0. The normalized spacial score (nSPS) is 17.0. The smallest absolute Gasteiger partial charge is 0.260 e. The second-order valence-corrected chi connectivity index (χ2v) is 5.35. The molecule has 3 N–H and O–H groups in total. The molecule has 1 aliphatic heterocycles. The van der Waals surface area contributed by atoms with E-state index in [1.165, 1.54) is 12.2 Å². The fourth-order valence-electron chi connectivity index (χ4n) is 2.33. The minimum Gasteiger partial charge on any atom is -0.484 e. The van der Waals surface area contributed by atoms with E-state index in [2.05, 4.69) is 0 Å². The van der Waals surface area contributed by atoms with Gasteiger partial charge in [0.1, 0.15) is 11.9 Å². The Morgan fingerprint density at radius 2 is 2.12 bits per heavy atom. The van der Waals surface area contributed by atoms with Gasteiger partial charge in [-0.05, 0) is 23.8 Å². The summed E-state index contributed by atoms with van der Waals surface area (Å²) in [6.07, 6.45) is 4.35. The fourth-order valence-corrected chi connectivity index (χ4v) is 2.33. The second kappa shape index (κ2) is 8.83. The molecular formula is C17H21N3O4. The van der Waals surface area contributed by atoms with Crippen LogP contribution in [-0.4, -0.2) is 53.8 Å². The van der Waals surface area contributed by atoms with Crippen LogP contribution in [0, 0.1) is 10.8 Å². The quantitative estimate of drug-likeness (QED) is 0.518. The molecule has 1 aliphatic rings. The van der Waals surface area contributed by atoms with E-state index >= 15 is 0 Å². The molecule has 7 nitrogen and oxygen atoms in total. The van der Waals surface area contributed by atoms with E-state index in [9.17, 15) is 4.79 Å². The van der Waals surface area contributed by atoms with Crippen LogP contribution < -0.4 is 4.74 Å². The van der Waals surface area contributed by atoms with Gasteiger partial charge in [0.05, 0.1) is 13.2 Å². The third-order valence-electron chi connectivity index (χ3n) is 3.60. The number of benzene rings is 1. The number of carbonyl (C=O) groups excluding carboxylic acids is 1. The molecule has 24 heavy (non-hydrogen) atoms. The number of rotatable bonds is 7. The monoisotopic (exact) mass is 331 g/mol. The van der Waals surface area contributed by atoms with Gasteiger partial charge in [-0.2, -0.15) is 0 Å². The molecule has 2 rings (SSSR count). The molecule has 0 bridgehead atoms. The highest BCUT2D eigenvalue weighted by molar-refractivity contribution is 5.89. The highest BCUT2D eigenvalue weighted by Crippen LogP contribution is 2.15. The zero-order valence-electron chi connectivity index (χ0n) is 13.3. The van der Waals surface area contributed by atoms with Crippen LogP contribution in [0.1, 0.15) is 12.0 Å². The van der Waals surface area contributed by atoms with Crippen LogP contribution in [-0.2, 0) is 16.1 Å². The van der Waals surface area contributed by atoms with E-state index in [0.29, 0.717) is 25.3 Å². The van der Waals surface area contributed by atoms with Crippen LogP contribution in [0.2, 0.25) is 0 Å². The summed E-state index contributed by atoms with van der Waals surface area (Å²) in [5.74, 6) is 0.429.